The van der Waals surface area contributed by atoms with Gasteiger partial charge in [0.25, 0.3) is 0 Å². The lowest BCUT2D eigenvalue weighted by Gasteiger charge is -2.15. The van der Waals surface area contributed by atoms with E-state index in [0.29, 0.717) is 5.92 Å². The number of unbranched alkanes of at least 4 members (excludes halogenated alkanes) is 4. The lowest BCUT2D eigenvalue weighted by molar-refractivity contribution is -0.402. The van der Waals surface area contributed by atoms with Crippen LogP contribution in [0.1, 0.15) is 71.0 Å². The summed E-state index contributed by atoms with van der Waals surface area (Å²) in [5.74, 6) is 1.21. The fourth-order valence-corrected chi connectivity index (χ4v) is 2.56. The van der Waals surface area contributed by atoms with Crippen molar-refractivity contribution in [2.24, 2.45) is 5.92 Å². The van der Waals surface area contributed by atoms with Gasteiger partial charge in [-0.25, -0.2) is 0 Å². The SMILES string of the molecule is CCCCCCC(CCCC)Cc1ccc([N+](=O)[O-])o1. The Balaban J connectivity index is 2.46. The molecule has 0 spiro atoms. The highest BCUT2D eigenvalue weighted by Gasteiger charge is 2.16. The average molecular weight is 281 g/mol. The largest absolute Gasteiger partial charge is 0.433 e. The maximum absolute atomic E-state index is 10.6. The minimum absolute atomic E-state index is 0.139. The first-order valence-corrected chi connectivity index (χ1v) is 7.90. The normalized spacial score (nSPS) is 12.5. The van der Waals surface area contributed by atoms with E-state index >= 15 is 0 Å². The van der Waals surface area contributed by atoms with Crippen molar-refractivity contribution < 1.29 is 9.34 Å². The number of nitrogens with zero attached hydrogens (tertiary/aromatic N) is 1. The summed E-state index contributed by atoms with van der Waals surface area (Å²) in [6, 6.07) is 3.21. The molecule has 0 radical (unpaired) electrons. The number of hydrogen-bond donors (Lipinski definition) is 0. The third kappa shape index (κ3) is 6.22. The van der Waals surface area contributed by atoms with Crippen molar-refractivity contribution in [1.29, 1.82) is 0 Å². The molecule has 0 aliphatic rings. The van der Waals surface area contributed by atoms with Gasteiger partial charge >= 0.3 is 5.88 Å². The zero-order valence-electron chi connectivity index (χ0n) is 12.8. The monoisotopic (exact) mass is 281 g/mol. The Morgan fingerprint density at radius 1 is 1.10 bits per heavy atom. The van der Waals surface area contributed by atoms with Gasteiger partial charge in [-0.2, -0.15) is 0 Å². The Hall–Kier alpha value is -1.32. The summed E-state index contributed by atoms with van der Waals surface area (Å²) in [7, 11) is 0. The summed E-state index contributed by atoms with van der Waals surface area (Å²) in [4.78, 5) is 10.2. The molecule has 0 saturated heterocycles. The molecular formula is C16H27NO3. The van der Waals surface area contributed by atoms with Crippen LogP contribution in [0.25, 0.3) is 0 Å². The molecule has 0 amide bonds. The summed E-state index contributed by atoms with van der Waals surface area (Å²) < 4.78 is 5.28. The molecule has 0 aliphatic carbocycles. The van der Waals surface area contributed by atoms with Crippen LogP contribution >= 0.6 is 0 Å². The number of furan rings is 1. The van der Waals surface area contributed by atoms with Crippen molar-refractivity contribution in [1.82, 2.24) is 0 Å². The van der Waals surface area contributed by atoms with Gasteiger partial charge in [0.05, 0.1) is 6.07 Å². The third-order valence-electron chi connectivity index (χ3n) is 3.75. The number of rotatable bonds is 11. The molecule has 1 atom stereocenters. The molecule has 114 valence electrons. The number of nitro groups is 1. The van der Waals surface area contributed by atoms with Crippen molar-refractivity contribution in [3.63, 3.8) is 0 Å². The molecule has 1 heterocycles. The van der Waals surface area contributed by atoms with Gasteiger partial charge in [0, 0.05) is 6.42 Å². The summed E-state index contributed by atoms with van der Waals surface area (Å²) in [5.41, 5.74) is 0. The van der Waals surface area contributed by atoms with Crippen LogP contribution in [-0.4, -0.2) is 4.92 Å². The summed E-state index contributed by atoms with van der Waals surface area (Å²) in [5, 5.41) is 10.6. The van der Waals surface area contributed by atoms with E-state index in [1.54, 1.807) is 6.07 Å². The Kier molecular flexibility index (Phi) is 8.00. The first kappa shape index (κ1) is 16.7. The second kappa shape index (κ2) is 9.56. The second-order valence-electron chi connectivity index (χ2n) is 5.56. The second-order valence-corrected chi connectivity index (χ2v) is 5.56. The molecule has 1 aromatic rings. The molecule has 4 heteroatoms. The van der Waals surface area contributed by atoms with Crippen LogP contribution in [0.2, 0.25) is 0 Å². The highest BCUT2D eigenvalue weighted by Crippen LogP contribution is 2.24. The van der Waals surface area contributed by atoms with E-state index in [9.17, 15) is 10.1 Å². The standard InChI is InChI=1S/C16H27NO3/c1-3-5-7-8-10-14(9-6-4-2)13-15-11-12-16(20-15)17(18)19/h11-12,14H,3-10,13H2,1-2H3. The zero-order valence-corrected chi connectivity index (χ0v) is 12.8. The lowest BCUT2D eigenvalue weighted by atomic mass is 9.91. The van der Waals surface area contributed by atoms with Crippen LogP contribution in [-0.2, 0) is 6.42 Å². The molecule has 0 N–H and O–H groups in total. The van der Waals surface area contributed by atoms with Crippen LogP contribution < -0.4 is 0 Å². The van der Waals surface area contributed by atoms with E-state index in [0.717, 1.165) is 12.2 Å². The molecule has 0 fully saturated rings. The Labute approximate surface area is 121 Å². The van der Waals surface area contributed by atoms with Crippen molar-refractivity contribution in [3.05, 3.63) is 28.0 Å². The van der Waals surface area contributed by atoms with Gasteiger partial charge in [-0.15, -0.1) is 0 Å². The summed E-state index contributed by atoms with van der Waals surface area (Å²) >= 11 is 0. The van der Waals surface area contributed by atoms with E-state index in [-0.39, 0.29) is 5.88 Å². The Morgan fingerprint density at radius 3 is 2.40 bits per heavy atom. The van der Waals surface area contributed by atoms with E-state index < -0.39 is 4.92 Å². The first-order valence-electron chi connectivity index (χ1n) is 7.90. The fourth-order valence-electron chi connectivity index (χ4n) is 2.56. The van der Waals surface area contributed by atoms with Gasteiger partial charge in [-0.05, 0) is 12.0 Å². The molecule has 4 nitrogen and oxygen atoms in total. The lowest BCUT2D eigenvalue weighted by Crippen LogP contribution is -2.04. The first-order chi connectivity index (χ1) is 9.67. The molecule has 1 rings (SSSR count). The van der Waals surface area contributed by atoms with Crippen LogP contribution in [0.3, 0.4) is 0 Å². The van der Waals surface area contributed by atoms with Gasteiger partial charge in [-0.3, -0.25) is 10.1 Å². The molecule has 0 aromatic carbocycles. The maximum atomic E-state index is 10.6. The molecule has 0 saturated carbocycles. The van der Waals surface area contributed by atoms with Gasteiger partial charge in [0.15, 0.2) is 0 Å². The zero-order chi connectivity index (χ0) is 14.8. The molecule has 0 bridgehead atoms. The average Bonchev–Trinajstić information content (AvgIpc) is 2.89. The number of hydrogen-bond acceptors (Lipinski definition) is 3. The third-order valence-corrected chi connectivity index (χ3v) is 3.75. The van der Waals surface area contributed by atoms with Crippen LogP contribution in [0.5, 0.6) is 0 Å². The van der Waals surface area contributed by atoms with E-state index in [4.69, 9.17) is 4.42 Å². The van der Waals surface area contributed by atoms with Gasteiger partial charge in [0.1, 0.15) is 10.7 Å². The van der Waals surface area contributed by atoms with Crippen LogP contribution in [0, 0.1) is 16.0 Å². The van der Waals surface area contributed by atoms with Crippen LogP contribution in [0.15, 0.2) is 16.5 Å². The highest BCUT2D eigenvalue weighted by molar-refractivity contribution is 5.18. The summed E-state index contributed by atoms with van der Waals surface area (Å²) in [6.45, 7) is 4.42. The Bertz CT molecular complexity index is 387. The Morgan fingerprint density at radius 2 is 1.80 bits per heavy atom. The quantitative estimate of drug-likeness (QED) is 0.305. The van der Waals surface area contributed by atoms with E-state index in [1.165, 1.54) is 57.4 Å². The van der Waals surface area contributed by atoms with E-state index in [1.807, 2.05) is 0 Å². The van der Waals surface area contributed by atoms with Crippen LogP contribution in [0.4, 0.5) is 5.88 Å². The molecule has 1 aromatic heterocycles. The minimum atomic E-state index is -0.466. The van der Waals surface area contributed by atoms with Gasteiger partial charge in [0.2, 0.25) is 0 Å². The van der Waals surface area contributed by atoms with E-state index in [2.05, 4.69) is 13.8 Å². The molecule has 1 unspecified atom stereocenters. The van der Waals surface area contributed by atoms with Crippen molar-refractivity contribution in [3.8, 4) is 0 Å². The summed E-state index contributed by atoms with van der Waals surface area (Å²) in [6.07, 6.45) is 10.7. The predicted molar refractivity (Wildman–Crippen MR) is 80.8 cm³/mol. The highest BCUT2D eigenvalue weighted by atomic mass is 16.6. The van der Waals surface area contributed by atoms with Crippen molar-refractivity contribution in [2.75, 3.05) is 0 Å². The van der Waals surface area contributed by atoms with Gasteiger partial charge in [-0.1, -0.05) is 65.2 Å². The minimum Gasteiger partial charge on any atom is -0.406 e. The van der Waals surface area contributed by atoms with Gasteiger partial charge < -0.3 is 4.42 Å². The topological polar surface area (TPSA) is 56.3 Å². The smallest absolute Gasteiger partial charge is 0.406 e. The molecule has 20 heavy (non-hydrogen) atoms. The molecule has 0 aliphatic heterocycles. The fraction of sp³-hybridized carbons (Fsp3) is 0.750. The van der Waals surface area contributed by atoms with Crippen molar-refractivity contribution >= 4 is 5.88 Å². The molecular weight excluding hydrogens is 254 g/mol. The maximum Gasteiger partial charge on any atom is 0.433 e. The predicted octanol–water partition coefficient (Wildman–Crippen LogP) is 5.51. The van der Waals surface area contributed by atoms with Crippen molar-refractivity contribution in [2.45, 2.75) is 71.6 Å².